The van der Waals surface area contributed by atoms with Crippen molar-refractivity contribution in [1.29, 1.82) is 0 Å². The number of carbonyl (C=O) groups excluding carboxylic acids is 1. The Morgan fingerprint density at radius 3 is 2.52 bits per heavy atom. The fourth-order valence-corrected chi connectivity index (χ4v) is 3.09. The van der Waals surface area contributed by atoms with Crippen LogP contribution in [-0.2, 0) is 4.79 Å². The Labute approximate surface area is 154 Å². The van der Waals surface area contributed by atoms with Crippen molar-refractivity contribution >= 4 is 22.9 Å². The van der Waals surface area contributed by atoms with E-state index in [0.29, 0.717) is 5.82 Å². The van der Waals surface area contributed by atoms with Crippen LogP contribution in [0.5, 0.6) is 0 Å². The molecule has 0 aliphatic heterocycles. The molecule has 1 heterocycles. The molecule has 0 fully saturated rings. The van der Waals surface area contributed by atoms with Gasteiger partial charge in [0, 0.05) is 17.7 Å². The molecule has 0 aliphatic carbocycles. The van der Waals surface area contributed by atoms with Gasteiger partial charge in [0.1, 0.15) is 11.6 Å². The van der Waals surface area contributed by atoms with E-state index in [2.05, 4.69) is 4.98 Å². The van der Waals surface area contributed by atoms with E-state index < -0.39 is 11.7 Å². The van der Waals surface area contributed by atoms with Crippen molar-refractivity contribution in [2.24, 2.45) is 0 Å². The predicted octanol–water partition coefficient (Wildman–Crippen LogP) is 2.97. The summed E-state index contributed by atoms with van der Waals surface area (Å²) in [7, 11) is 0. The van der Waals surface area contributed by atoms with Crippen molar-refractivity contribution in [3.8, 4) is 5.69 Å². The Hall–Kier alpha value is -3.32. The quantitative estimate of drug-likeness (QED) is 0.423. The monoisotopic (exact) mass is 367 g/mol. The maximum Gasteiger partial charge on any atom is 0.267 e. The first kappa shape index (κ1) is 18.5. The van der Waals surface area contributed by atoms with Gasteiger partial charge in [0.2, 0.25) is 0 Å². The second-order valence-electron chi connectivity index (χ2n) is 6.24. The van der Waals surface area contributed by atoms with E-state index in [1.807, 2.05) is 32.0 Å². The Morgan fingerprint density at radius 2 is 1.89 bits per heavy atom. The Morgan fingerprint density at radius 1 is 1.22 bits per heavy atom. The number of amides is 1. The van der Waals surface area contributed by atoms with Gasteiger partial charge in [-0.2, -0.15) is 0 Å². The lowest BCUT2D eigenvalue weighted by molar-refractivity contribution is -0.124. The third kappa shape index (κ3) is 3.37. The predicted molar refractivity (Wildman–Crippen MR) is 100 cm³/mol. The molecule has 1 amide bonds. The minimum atomic E-state index is -0.801. The lowest BCUT2D eigenvalue weighted by atomic mass is 10.1. The van der Waals surface area contributed by atoms with E-state index in [9.17, 15) is 14.0 Å². The van der Waals surface area contributed by atoms with Crippen LogP contribution in [0.1, 0.15) is 22.5 Å². The van der Waals surface area contributed by atoms with E-state index in [1.54, 1.807) is 6.92 Å². The molecule has 3 aromatic rings. The summed E-state index contributed by atoms with van der Waals surface area (Å²) in [6, 6.07) is 8.24. The number of nitrogens with zero attached hydrogens (tertiary/aromatic N) is 2. The van der Waals surface area contributed by atoms with Gasteiger partial charge in [-0.1, -0.05) is 18.2 Å². The fraction of sp³-hybridized carbons (Fsp3) is 0.150. The molecule has 2 aromatic carbocycles. The first-order valence-electron chi connectivity index (χ1n) is 8.25. The van der Waals surface area contributed by atoms with Gasteiger partial charge in [0.15, 0.2) is 0 Å². The molecule has 0 atom stereocenters. The average Bonchev–Trinajstić information content (AvgIpc) is 2.62. The number of hydroxylamine groups is 1. The zero-order valence-electron chi connectivity index (χ0n) is 15.1. The highest BCUT2D eigenvalue weighted by molar-refractivity contribution is 5.91. The smallest absolute Gasteiger partial charge is 0.267 e. The number of hydrogen-bond donors (Lipinski definition) is 2. The van der Waals surface area contributed by atoms with Crippen molar-refractivity contribution in [1.82, 2.24) is 15.0 Å². The number of rotatable bonds is 3. The second-order valence-corrected chi connectivity index (χ2v) is 6.24. The summed E-state index contributed by atoms with van der Waals surface area (Å²) in [5.74, 6) is -0.975. The second kappa shape index (κ2) is 7.13. The van der Waals surface area contributed by atoms with Gasteiger partial charge in [-0.15, -0.1) is 0 Å². The van der Waals surface area contributed by atoms with Crippen molar-refractivity contribution in [3.63, 3.8) is 0 Å². The van der Waals surface area contributed by atoms with Crippen LogP contribution in [0.3, 0.4) is 0 Å². The van der Waals surface area contributed by atoms with Gasteiger partial charge < -0.3 is 0 Å². The Kier molecular flexibility index (Phi) is 4.87. The summed E-state index contributed by atoms with van der Waals surface area (Å²) >= 11 is 0. The largest absolute Gasteiger partial charge is 0.288 e. The number of fused-ring (bicyclic) bond motifs is 1. The van der Waals surface area contributed by atoms with Crippen LogP contribution in [-0.4, -0.2) is 20.7 Å². The van der Waals surface area contributed by atoms with Crippen LogP contribution >= 0.6 is 0 Å². The summed E-state index contributed by atoms with van der Waals surface area (Å²) in [6.07, 6.45) is 2.15. The van der Waals surface area contributed by atoms with Gasteiger partial charge in [-0.05, 0) is 44.0 Å². The lowest BCUT2D eigenvalue weighted by Crippen LogP contribution is -2.24. The normalized spacial score (nSPS) is 11.3. The molecule has 0 aliphatic rings. The first-order valence-corrected chi connectivity index (χ1v) is 8.25. The van der Waals surface area contributed by atoms with Crippen molar-refractivity contribution in [2.75, 3.05) is 0 Å². The molecule has 0 bridgehead atoms. The molecule has 6 nitrogen and oxygen atoms in total. The topological polar surface area (TPSA) is 84.2 Å². The lowest BCUT2D eigenvalue weighted by Gasteiger charge is -2.16. The number of carbonyl (C=O) groups is 1. The number of aryl methyl sites for hydroxylation is 3. The summed E-state index contributed by atoms with van der Waals surface area (Å²) in [5, 5.41) is 8.77. The summed E-state index contributed by atoms with van der Waals surface area (Å²) < 4.78 is 15.8. The molecule has 0 saturated carbocycles. The molecule has 0 radical (unpaired) electrons. The van der Waals surface area contributed by atoms with Gasteiger partial charge in [-0.3, -0.25) is 19.4 Å². The molecule has 2 N–H and O–H groups in total. The van der Waals surface area contributed by atoms with Crippen molar-refractivity contribution in [2.45, 2.75) is 20.8 Å². The molecule has 3 rings (SSSR count). The van der Waals surface area contributed by atoms with Crippen LogP contribution in [0.25, 0.3) is 22.7 Å². The van der Waals surface area contributed by atoms with Crippen LogP contribution in [0.2, 0.25) is 0 Å². The molecular weight excluding hydrogens is 349 g/mol. The number of nitrogens with one attached hydrogen (secondary N) is 1. The molecule has 0 spiro atoms. The number of aromatic nitrogens is 2. The first-order chi connectivity index (χ1) is 12.8. The van der Waals surface area contributed by atoms with E-state index in [1.165, 1.54) is 22.2 Å². The van der Waals surface area contributed by atoms with Gasteiger partial charge >= 0.3 is 0 Å². The minimum Gasteiger partial charge on any atom is -0.288 e. The van der Waals surface area contributed by atoms with Crippen LogP contribution in [0, 0.1) is 26.6 Å². The van der Waals surface area contributed by atoms with E-state index >= 15 is 0 Å². The standard InChI is InChI=1S/C20H18FN3O3/c1-11-5-4-6-12(2)19(11)24-13(3)22-17-10-16(21)14(7-8-18(25)23-27)9-15(17)20(24)26/h4-10,27H,1-3H3,(H,23,25)/b8-7+. The fourth-order valence-electron chi connectivity index (χ4n) is 3.09. The molecule has 27 heavy (non-hydrogen) atoms. The van der Waals surface area contributed by atoms with Gasteiger partial charge in [0.05, 0.1) is 16.6 Å². The highest BCUT2D eigenvalue weighted by atomic mass is 19.1. The number of para-hydroxylation sites is 1. The number of benzene rings is 2. The zero-order chi connectivity index (χ0) is 19.7. The average molecular weight is 367 g/mol. The molecule has 0 unspecified atom stereocenters. The van der Waals surface area contributed by atoms with E-state index in [4.69, 9.17) is 5.21 Å². The Bertz CT molecular complexity index is 1130. The zero-order valence-corrected chi connectivity index (χ0v) is 15.1. The molecular formula is C20H18FN3O3. The third-order valence-corrected chi connectivity index (χ3v) is 4.34. The van der Waals surface area contributed by atoms with Crippen LogP contribution in [0.15, 0.2) is 41.2 Å². The Balaban J connectivity index is 2.30. The molecule has 1 aromatic heterocycles. The van der Waals surface area contributed by atoms with Gasteiger partial charge in [-0.25, -0.2) is 14.9 Å². The highest BCUT2D eigenvalue weighted by Gasteiger charge is 2.15. The van der Waals surface area contributed by atoms with Gasteiger partial charge in [0.25, 0.3) is 11.5 Å². The summed E-state index contributed by atoms with van der Waals surface area (Å²) in [5.41, 5.74) is 3.97. The van der Waals surface area contributed by atoms with E-state index in [0.717, 1.165) is 29.0 Å². The molecule has 138 valence electrons. The molecule has 0 saturated heterocycles. The third-order valence-electron chi connectivity index (χ3n) is 4.34. The van der Waals surface area contributed by atoms with Crippen LogP contribution < -0.4 is 11.0 Å². The minimum absolute atomic E-state index is 0.0434. The highest BCUT2D eigenvalue weighted by Crippen LogP contribution is 2.22. The molecule has 7 heteroatoms. The van der Waals surface area contributed by atoms with Crippen LogP contribution in [0.4, 0.5) is 4.39 Å². The van der Waals surface area contributed by atoms with E-state index in [-0.39, 0.29) is 22.0 Å². The maximum absolute atomic E-state index is 14.3. The maximum atomic E-state index is 14.3. The SMILES string of the molecule is Cc1cccc(C)c1-n1c(C)nc2cc(F)c(/C=C/C(=O)NO)cc2c1=O. The summed E-state index contributed by atoms with van der Waals surface area (Å²) in [6.45, 7) is 5.51. The number of hydrogen-bond acceptors (Lipinski definition) is 4. The van der Waals surface area contributed by atoms with Crippen molar-refractivity contribution in [3.05, 3.63) is 75.1 Å². The number of halogens is 1. The van der Waals surface area contributed by atoms with Crippen molar-refractivity contribution < 1.29 is 14.4 Å². The summed E-state index contributed by atoms with van der Waals surface area (Å²) in [4.78, 5) is 28.7.